The first-order valence-corrected chi connectivity index (χ1v) is 4.99. The van der Waals surface area contributed by atoms with E-state index in [0.29, 0.717) is 6.61 Å². The molecular weight excluding hydrogens is 150 g/mol. The zero-order valence-corrected chi connectivity index (χ0v) is 8.73. The Bertz CT molecular complexity index is 102. The number of hydrogen-bond acceptors (Lipinski definition) is 2. The minimum atomic E-state index is -0.133. The third-order valence-electron chi connectivity index (χ3n) is 2.13. The largest absolute Gasteiger partial charge is 0.380 e. The van der Waals surface area contributed by atoms with Crippen LogP contribution in [0.2, 0.25) is 0 Å². The normalized spacial score (nSPS) is 16.0. The zero-order valence-electron chi connectivity index (χ0n) is 8.73. The Balaban J connectivity index is 3.19. The summed E-state index contributed by atoms with van der Waals surface area (Å²) in [4.78, 5) is 0. The smallest absolute Gasteiger partial charge is 0.0643 e. The average molecular weight is 173 g/mol. The van der Waals surface area contributed by atoms with Crippen LogP contribution in [-0.4, -0.2) is 18.8 Å². The summed E-state index contributed by atoms with van der Waals surface area (Å²) in [5.41, 5.74) is 5.77. The highest BCUT2D eigenvalue weighted by Gasteiger charge is 2.14. The van der Waals surface area contributed by atoms with E-state index in [1.54, 1.807) is 0 Å². The van der Waals surface area contributed by atoms with Crippen LogP contribution in [0.25, 0.3) is 0 Å². The molecule has 0 aliphatic heterocycles. The quantitative estimate of drug-likeness (QED) is 0.600. The van der Waals surface area contributed by atoms with Gasteiger partial charge in [-0.3, -0.25) is 0 Å². The average Bonchev–Trinajstić information content (AvgIpc) is 2.04. The lowest BCUT2D eigenvalue weighted by Gasteiger charge is -2.22. The Kier molecular flexibility index (Phi) is 6.39. The molecule has 0 fully saturated rings. The number of unbranched alkanes of at least 4 members (excludes halogenated alkanes) is 2. The summed E-state index contributed by atoms with van der Waals surface area (Å²) in [5.74, 6) is 0. The number of rotatable bonds is 7. The van der Waals surface area contributed by atoms with E-state index < -0.39 is 0 Å². The lowest BCUT2D eigenvalue weighted by atomic mass is 10.0. The van der Waals surface area contributed by atoms with Gasteiger partial charge in [-0.2, -0.15) is 0 Å². The van der Waals surface area contributed by atoms with Crippen LogP contribution in [0.5, 0.6) is 0 Å². The van der Waals surface area contributed by atoms with Gasteiger partial charge in [0.05, 0.1) is 6.61 Å². The van der Waals surface area contributed by atoms with Crippen molar-refractivity contribution >= 4 is 0 Å². The Morgan fingerprint density at radius 3 is 2.42 bits per heavy atom. The van der Waals surface area contributed by atoms with Crippen LogP contribution in [-0.2, 0) is 4.74 Å². The van der Waals surface area contributed by atoms with Gasteiger partial charge in [-0.1, -0.05) is 26.7 Å². The van der Waals surface area contributed by atoms with Gasteiger partial charge in [0.15, 0.2) is 0 Å². The van der Waals surface area contributed by atoms with Crippen molar-refractivity contribution in [1.82, 2.24) is 0 Å². The van der Waals surface area contributed by atoms with Crippen LogP contribution >= 0.6 is 0 Å². The van der Waals surface area contributed by atoms with E-state index in [-0.39, 0.29) is 5.54 Å². The first-order chi connectivity index (χ1) is 5.62. The van der Waals surface area contributed by atoms with Crippen LogP contribution in [0.15, 0.2) is 0 Å². The molecule has 0 rings (SSSR count). The molecule has 0 aliphatic rings. The van der Waals surface area contributed by atoms with E-state index in [2.05, 4.69) is 13.8 Å². The van der Waals surface area contributed by atoms with Crippen LogP contribution in [0.1, 0.15) is 46.5 Å². The molecule has 12 heavy (non-hydrogen) atoms. The molecule has 2 N–H and O–H groups in total. The minimum absolute atomic E-state index is 0.133. The molecule has 0 heterocycles. The lowest BCUT2D eigenvalue weighted by Crippen LogP contribution is -2.40. The fraction of sp³-hybridized carbons (Fsp3) is 1.00. The fourth-order valence-electron chi connectivity index (χ4n) is 0.862. The van der Waals surface area contributed by atoms with Crippen molar-refractivity contribution < 1.29 is 4.74 Å². The predicted octanol–water partition coefficient (Wildman–Crippen LogP) is 2.32. The molecule has 0 aromatic carbocycles. The summed E-state index contributed by atoms with van der Waals surface area (Å²) in [5, 5.41) is 0. The highest BCUT2D eigenvalue weighted by Crippen LogP contribution is 2.05. The maximum absolute atomic E-state index is 5.91. The summed E-state index contributed by atoms with van der Waals surface area (Å²) < 4.78 is 5.47. The number of ether oxygens (including phenoxy) is 1. The molecule has 0 amide bonds. The molecule has 0 aliphatic carbocycles. The first-order valence-electron chi connectivity index (χ1n) is 4.99. The molecule has 74 valence electrons. The monoisotopic (exact) mass is 173 g/mol. The minimum Gasteiger partial charge on any atom is -0.380 e. The van der Waals surface area contributed by atoms with Crippen molar-refractivity contribution in [3.8, 4) is 0 Å². The van der Waals surface area contributed by atoms with Gasteiger partial charge in [0.25, 0.3) is 0 Å². The van der Waals surface area contributed by atoms with E-state index in [0.717, 1.165) is 19.4 Å². The van der Waals surface area contributed by atoms with Gasteiger partial charge >= 0.3 is 0 Å². The van der Waals surface area contributed by atoms with Crippen LogP contribution in [0.3, 0.4) is 0 Å². The van der Waals surface area contributed by atoms with Crippen LogP contribution in [0.4, 0.5) is 0 Å². The summed E-state index contributed by atoms with van der Waals surface area (Å²) in [7, 11) is 0. The Morgan fingerprint density at radius 1 is 1.25 bits per heavy atom. The summed E-state index contributed by atoms with van der Waals surface area (Å²) >= 11 is 0. The third-order valence-corrected chi connectivity index (χ3v) is 2.13. The van der Waals surface area contributed by atoms with E-state index in [9.17, 15) is 0 Å². The lowest BCUT2D eigenvalue weighted by molar-refractivity contribution is 0.0867. The second-order valence-corrected chi connectivity index (χ2v) is 3.77. The Hall–Kier alpha value is -0.0800. The second kappa shape index (κ2) is 6.44. The van der Waals surface area contributed by atoms with Gasteiger partial charge in [0.1, 0.15) is 0 Å². The van der Waals surface area contributed by atoms with E-state index in [1.807, 2.05) is 6.92 Å². The highest BCUT2D eigenvalue weighted by atomic mass is 16.5. The molecule has 2 heteroatoms. The molecule has 0 saturated carbocycles. The molecule has 0 radical (unpaired) electrons. The molecular formula is C10H23NO. The predicted molar refractivity (Wildman–Crippen MR) is 53.2 cm³/mol. The van der Waals surface area contributed by atoms with Crippen LogP contribution in [0, 0.1) is 0 Å². The van der Waals surface area contributed by atoms with Gasteiger partial charge in [0, 0.05) is 12.1 Å². The third kappa shape index (κ3) is 6.62. The van der Waals surface area contributed by atoms with Gasteiger partial charge in [-0.05, 0) is 19.8 Å². The molecule has 1 atom stereocenters. The topological polar surface area (TPSA) is 35.2 Å². The van der Waals surface area contributed by atoms with Gasteiger partial charge in [-0.15, -0.1) is 0 Å². The summed E-state index contributed by atoms with van der Waals surface area (Å²) in [6, 6.07) is 0. The summed E-state index contributed by atoms with van der Waals surface area (Å²) in [6.07, 6.45) is 4.64. The Labute approximate surface area is 76.5 Å². The van der Waals surface area contributed by atoms with Crippen molar-refractivity contribution in [2.45, 2.75) is 52.0 Å². The highest BCUT2D eigenvalue weighted by molar-refractivity contribution is 4.75. The maximum atomic E-state index is 5.91. The van der Waals surface area contributed by atoms with E-state index >= 15 is 0 Å². The van der Waals surface area contributed by atoms with E-state index in [1.165, 1.54) is 12.8 Å². The Morgan fingerprint density at radius 2 is 1.92 bits per heavy atom. The standard InChI is InChI=1S/C10H23NO/c1-4-6-7-8-12-9-10(3,11)5-2/h4-9,11H2,1-3H3. The van der Waals surface area contributed by atoms with Gasteiger partial charge in [0.2, 0.25) is 0 Å². The molecule has 0 aromatic heterocycles. The molecule has 0 bridgehead atoms. The molecule has 2 nitrogen and oxygen atoms in total. The molecule has 0 spiro atoms. The van der Waals surface area contributed by atoms with Crippen molar-refractivity contribution in [3.05, 3.63) is 0 Å². The van der Waals surface area contributed by atoms with Crippen molar-refractivity contribution in [2.75, 3.05) is 13.2 Å². The molecule has 0 aromatic rings. The van der Waals surface area contributed by atoms with Crippen molar-refractivity contribution in [2.24, 2.45) is 5.73 Å². The van der Waals surface area contributed by atoms with E-state index in [4.69, 9.17) is 10.5 Å². The number of nitrogens with two attached hydrogens (primary N) is 1. The van der Waals surface area contributed by atoms with Crippen molar-refractivity contribution in [1.29, 1.82) is 0 Å². The van der Waals surface area contributed by atoms with Crippen molar-refractivity contribution in [3.63, 3.8) is 0 Å². The van der Waals surface area contributed by atoms with Crippen LogP contribution < -0.4 is 5.73 Å². The maximum Gasteiger partial charge on any atom is 0.0643 e. The molecule has 1 unspecified atom stereocenters. The van der Waals surface area contributed by atoms with Gasteiger partial charge < -0.3 is 10.5 Å². The fourth-order valence-corrected chi connectivity index (χ4v) is 0.862. The second-order valence-electron chi connectivity index (χ2n) is 3.77. The SMILES string of the molecule is CCCCCOCC(C)(N)CC. The first kappa shape index (κ1) is 11.9. The summed E-state index contributed by atoms with van der Waals surface area (Å²) in [6.45, 7) is 7.87. The van der Waals surface area contributed by atoms with Gasteiger partial charge in [-0.25, -0.2) is 0 Å². The number of hydrogen-bond donors (Lipinski definition) is 1. The molecule has 0 saturated heterocycles. The zero-order chi connectivity index (χ0) is 9.45.